The van der Waals surface area contributed by atoms with E-state index in [0.29, 0.717) is 24.0 Å². The molecule has 0 aliphatic carbocycles. The molecular formula is C15H27N3O. The van der Waals surface area contributed by atoms with Gasteiger partial charge in [0.05, 0.1) is 0 Å². The van der Waals surface area contributed by atoms with E-state index in [1.165, 1.54) is 32.2 Å². The fourth-order valence-electron chi connectivity index (χ4n) is 3.98. The number of nitrogens with zero attached hydrogens (tertiary/aromatic N) is 2. The van der Waals surface area contributed by atoms with E-state index < -0.39 is 0 Å². The normalized spacial score (nSPS) is 35.6. The second kappa shape index (κ2) is 5.80. The van der Waals surface area contributed by atoms with E-state index in [1.54, 1.807) is 0 Å². The molecule has 3 unspecified atom stereocenters. The van der Waals surface area contributed by atoms with Crippen molar-refractivity contribution in [2.45, 2.75) is 63.6 Å². The molecule has 4 nitrogen and oxygen atoms in total. The molecule has 1 N–H and O–H groups in total. The van der Waals surface area contributed by atoms with E-state index in [2.05, 4.69) is 22.0 Å². The molecule has 4 heteroatoms. The second-order valence-corrected chi connectivity index (χ2v) is 6.52. The van der Waals surface area contributed by atoms with E-state index in [0.717, 1.165) is 32.5 Å². The van der Waals surface area contributed by atoms with Gasteiger partial charge in [0, 0.05) is 37.6 Å². The Bertz CT molecular complexity index is 327. The molecule has 0 saturated carbocycles. The maximum atomic E-state index is 12.4. The highest BCUT2D eigenvalue weighted by molar-refractivity contribution is 5.76. The van der Waals surface area contributed by atoms with Gasteiger partial charge in [0.15, 0.2) is 0 Å². The van der Waals surface area contributed by atoms with E-state index in [9.17, 15) is 4.79 Å². The minimum atomic E-state index is 0.382. The molecule has 3 rings (SSSR count). The first-order valence-electron chi connectivity index (χ1n) is 8.01. The summed E-state index contributed by atoms with van der Waals surface area (Å²) in [7, 11) is 0. The van der Waals surface area contributed by atoms with Crippen LogP contribution in [-0.2, 0) is 4.79 Å². The number of fused-ring (bicyclic) bond motifs is 1. The van der Waals surface area contributed by atoms with Gasteiger partial charge >= 0.3 is 0 Å². The average Bonchev–Trinajstić information content (AvgIpc) is 3.05. The van der Waals surface area contributed by atoms with Gasteiger partial charge in [-0.05, 0) is 52.1 Å². The van der Waals surface area contributed by atoms with Gasteiger partial charge in [0.2, 0.25) is 5.91 Å². The van der Waals surface area contributed by atoms with E-state index in [4.69, 9.17) is 0 Å². The first kappa shape index (κ1) is 13.4. The molecule has 108 valence electrons. The molecule has 3 saturated heterocycles. The first-order chi connectivity index (χ1) is 9.24. The molecule has 0 aromatic rings. The number of piperazine rings is 1. The van der Waals surface area contributed by atoms with E-state index in [1.807, 2.05) is 0 Å². The number of hydrogen-bond acceptors (Lipinski definition) is 3. The predicted octanol–water partition coefficient (Wildman–Crippen LogP) is 1.21. The van der Waals surface area contributed by atoms with Gasteiger partial charge in [-0.25, -0.2) is 0 Å². The van der Waals surface area contributed by atoms with Crippen LogP contribution >= 0.6 is 0 Å². The molecule has 0 bridgehead atoms. The lowest BCUT2D eigenvalue weighted by Gasteiger charge is -2.42. The van der Waals surface area contributed by atoms with Crippen molar-refractivity contribution < 1.29 is 4.79 Å². The van der Waals surface area contributed by atoms with Gasteiger partial charge in [-0.1, -0.05) is 0 Å². The lowest BCUT2D eigenvalue weighted by atomic mass is 10.1. The molecule has 1 amide bonds. The maximum absolute atomic E-state index is 12.4. The SMILES string of the molecule is CC1CN2CCCC2CN1C(=O)CCC1CCCN1. The highest BCUT2D eigenvalue weighted by atomic mass is 16.2. The van der Waals surface area contributed by atoms with Gasteiger partial charge < -0.3 is 10.2 Å². The first-order valence-corrected chi connectivity index (χ1v) is 8.01. The largest absolute Gasteiger partial charge is 0.337 e. The summed E-state index contributed by atoms with van der Waals surface area (Å²) < 4.78 is 0. The number of nitrogens with one attached hydrogen (secondary N) is 1. The van der Waals surface area contributed by atoms with Crippen molar-refractivity contribution >= 4 is 5.91 Å². The van der Waals surface area contributed by atoms with Gasteiger partial charge in [0.25, 0.3) is 0 Å². The highest BCUT2D eigenvalue weighted by Crippen LogP contribution is 2.25. The second-order valence-electron chi connectivity index (χ2n) is 6.52. The van der Waals surface area contributed by atoms with E-state index >= 15 is 0 Å². The third-order valence-corrected chi connectivity index (χ3v) is 5.13. The molecule has 3 fully saturated rings. The van der Waals surface area contributed by atoms with Crippen LogP contribution in [0.4, 0.5) is 0 Å². The van der Waals surface area contributed by atoms with Crippen molar-refractivity contribution in [3.63, 3.8) is 0 Å². The zero-order valence-electron chi connectivity index (χ0n) is 12.1. The Hall–Kier alpha value is -0.610. The molecule has 3 aliphatic rings. The molecule has 19 heavy (non-hydrogen) atoms. The van der Waals surface area contributed by atoms with Gasteiger partial charge in [-0.15, -0.1) is 0 Å². The molecule has 0 aromatic heterocycles. The van der Waals surface area contributed by atoms with Gasteiger partial charge in [0.1, 0.15) is 0 Å². The topological polar surface area (TPSA) is 35.6 Å². The Kier molecular flexibility index (Phi) is 4.08. The number of carbonyl (C=O) groups excluding carboxylic acids is 1. The van der Waals surface area contributed by atoms with Crippen LogP contribution in [0.3, 0.4) is 0 Å². The van der Waals surface area contributed by atoms with Gasteiger partial charge in [-0.3, -0.25) is 9.69 Å². The van der Waals surface area contributed by atoms with Crippen LogP contribution in [0.5, 0.6) is 0 Å². The average molecular weight is 265 g/mol. The third-order valence-electron chi connectivity index (χ3n) is 5.13. The van der Waals surface area contributed by atoms with Crippen molar-refractivity contribution in [3.8, 4) is 0 Å². The molecular weight excluding hydrogens is 238 g/mol. The van der Waals surface area contributed by atoms with Crippen molar-refractivity contribution in [2.75, 3.05) is 26.2 Å². The van der Waals surface area contributed by atoms with Crippen molar-refractivity contribution in [2.24, 2.45) is 0 Å². The quantitative estimate of drug-likeness (QED) is 0.833. The van der Waals surface area contributed by atoms with Crippen LogP contribution in [-0.4, -0.2) is 60.0 Å². The van der Waals surface area contributed by atoms with Crippen LogP contribution in [0.25, 0.3) is 0 Å². The number of carbonyl (C=O) groups is 1. The van der Waals surface area contributed by atoms with Crippen molar-refractivity contribution in [1.29, 1.82) is 0 Å². The Morgan fingerprint density at radius 2 is 2.16 bits per heavy atom. The van der Waals surface area contributed by atoms with Crippen molar-refractivity contribution in [1.82, 2.24) is 15.1 Å². The summed E-state index contributed by atoms with van der Waals surface area (Å²) >= 11 is 0. The fraction of sp³-hybridized carbons (Fsp3) is 0.933. The monoisotopic (exact) mass is 265 g/mol. The lowest BCUT2D eigenvalue weighted by Crippen LogP contribution is -2.56. The predicted molar refractivity (Wildman–Crippen MR) is 76.0 cm³/mol. The van der Waals surface area contributed by atoms with Crippen molar-refractivity contribution in [3.05, 3.63) is 0 Å². The molecule has 3 atom stereocenters. The minimum Gasteiger partial charge on any atom is -0.337 e. The Labute approximate surface area is 116 Å². The highest BCUT2D eigenvalue weighted by Gasteiger charge is 2.36. The van der Waals surface area contributed by atoms with Crippen LogP contribution in [0.2, 0.25) is 0 Å². The zero-order valence-corrected chi connectivity index (χ0v) is 12.1. The number of hydrogen-bond donors (Lipinski definition) is 1. The summed E-state index contributed by atoms with van der Waals surface area (Å²) in [5.74, 6) is 0.382. The maximum Gasteiger partial charge on any atom is 0.222 e. The molecule has 0 radical (unpaired) electrons. The minimum absolute atomic E-state index is 0.382. The summed E-state index contributed by atoms with van der Waals surface area (Å²) in [5.41, 5.74) is 0. The molecule has 3 aliphatic heterocycles. The Balaban J connectivity index is 1.50. The summed E-state index contributed by atoms with van der Waals surface area (Å²) in [6.45, 7) is 6.63. The van der Waals surface area contributed by atoms with Crippen LogP contribution in [0.15, 0.2) is 0 Å². The van der Waals surface area contributed by atoms with E-state index in [-0.39, 0.29) is 0 Å². The molecule has 0 spiro atoms. The summed E-state index contributed by atoms with van der Waals surface area (Å²) in [6, 6.07) is 1.63. The fourth-order valence-corrected chi connectivity index (χ4v) is 3.98. The summed E-state index contributed by atoms with van der Waals surface area (Å²) in [4.78, 5) is 17.2. The summed E-state index contributed by atoms with van der Waals surface area (Å²) in [5, 5.41) is 3.48. The lowest BCUT2D eigenvalue weighted by molar-refractivity contribution is -0.137. The van der Waals surface area contributed by atoms with Crippen LogP contribution in [0, 0.1) is 0 Å². The Morgan fingerprint density at radius 3 is 2.95 bits per heavy atom. The standard InChI is InChI=1S/C15H27N3O/c1-12-10-17-9-3-5-14(17)11-18(12)15(19)7-6-13-4-2-8-16-13/h12-14,16H,2-11H2,1H3. The molecule has 3 heterocycles. The zero-order chi connectivity index (χ0) is 13.2. The van der Waals surface area contributed by atoms with Crippen LogP contribution < -0.4 is 5.32 Å². The van der Waals surface area contributed by atoms with Crippen LogP contribution in [0.1, 0.15) is 45.4 Å². The number of rotatable bonds is 3. The number of amides is 1. The molecule has 0 aromatic carbocycles. The smallest absolute Gasteiger partial charge is 0.222 e. The Morgan fingerprint density at radius 1 is 1.26 bits per heavy atom. The van der Waals surface area contributed by atoms with Gasteiger partial charge in [-0.2, -0.15) is 0 Å². The third kappa shape index (κ3) is 2.95. The summed E-state index contributed by atoms with van der Waals surface area (Å²) in [6.07, 6.45) is 6.87.